The minimum atomic E-state index is -2.28. The van der Waals surface area contributed by atoms with Gasteiger partial charge in [0.2, 0.25) is 0 Å². The molecule has 0 aromatic heterocycles. The van der Waals surface area contributed by atoms with E-state index in [-0.39, 0.29) is 0 Å². The van der Waals surface area contributed by atoms with E-state index in [0.717, 1.165) is 0 Å². The molecule has 0 spiro atoms. The maximum atomic E-state index is 2.73. The van der Waals surface area contributed by atoms with E-state index in [1.54, 1.807) is 129 Å². The Hall–Kier alpha value is 1.83. The van der Waals surface area contributed by atoms with Gasteiger partial charge in [-0.05, 0) is 0 Å². The van der Waals surface area contributed by atoms with E-state index >= 15 is 0 Å². The maximum absolute atomic E-state index is 2.73. The number of hydrogen-bond acceptors (Lipinski definition) is 0. The molecule has 1 aromatic rings. The molecule has 1 aromatic carbocycles. The van der Waals surface area contributed by atoms with Gasteiger partial charge in [0.05, 0.1) is 0 Å². The summed E-state index contributed by atoms with van der Waals surface area (Å²) in [5.74, 6) is 0. The van der Waals surface area contributed by atoms with Crippen LogP contribution in [0.4, 0.5) is 0 Å². The van der Waals surface area contributed by atoms with Crippen LogP contribution in [0.25, 0.3) is 0 Å². The van der Waals surface area contributed by atoms with E-state index in [1.165, 1.54) is 57.8 Å². The van der Waals surface area contributed by atoms with Crippen molar-refractivity contribution in [1.29, 1.82) is 0 Å². The molecule has 0 unspecified atom stereocenters. The predicted octanol–water partition coefficient (Wildman–Crippen LogP) is 17.9. The number of hydrogen-bond donors (Lipinski definition) is 0. The zero-order valence-electron chi connectivity index (χ0n) is 37.7. The third-order valence-electron chi connectivity index (χ3n) is 14.3. The van der Waals surface area contributed by atoms with Crippen molar-refractivity contribution < 1.29 is 0 Å². The van der Waals surface area contributed by atoms with E-state index in [4.69, 9.17) is 0 Å². The Balaban J connectivity index is 3.94. The normalized spacial score (nSPS) is 12.9. The Labute approximate surface area is 344 Å². The number of benzene rings is 1. The van der Waals surface area contributed by atoms with E-state index in [2.05, 4.69) is 92.6 Å². The zero-order valence-corrected chi connectivity index (χ0v) is 47.3. The van der Waals surface area contributed by atoms with Crippen LogP contribution < -0.4 is 5.19 Å². The molecule has 0 heterocycles. The molecule has 0 N–H and O–H groups in total. The Morgan fingerprint density at radius 1 is 0.308 bits per heavy atom. The molecule has 0 saturated carbocycles. The molecule has 0 aliphatic rings. The van der Waals surface area contributed by atoms with Gasteiger partial charge in [0.15, 0.2) is 0 Å². The molecule has 0 radical (unpaired) electrons. The van der Waals surface area contributed by atoms with E-state index < -0.39 is 63.2 Å². The summed E-state index contributed by atoms with van der Waals surface area (Å²) in [7, 11) is -1.70. The van der Waals surface area contributed by atoms with Gasteiger partial charge >= 0.3 is 348 Å². The van der Waals surface area contributed by atoms with Gasteiger partial charge in [-0.2, -0.15) is 0 Å². The van der Waals surface area contributed by atoms with Crippen molar-refractivity contribution in [2.24, 2.45) is 0 Å². The van der Waals surface area contributed by atoms with Gasteiger partial charge < -0.3 is 0 Å². The topological polar surface area (TPSA) is 0 Å². The number of unbranched alkanes of at least 4 members (excludes halogenated alkanes) is 9. The first-order valence-corrected chi connectivity index (χ1v) is 51.2. The van der Waals surface area contributed by atoms with Crippen LogP contribution in [-0.4, -0.2) is 63.2 Å². The molecule has 0 fully saturated rings. The SMILES string of the molecule is CCC[CH2][Sn]([CH2]CCC)([CH2]CCC)[CH2]C[Si](C[CH2][Sn]([CH2]CCC)([CH2]CCC)[CH2]CCC)(C[CH2][Sn]([CH2]CCC)([CH2]CCC)[CH2]CCC)c1ccccc1. The summed E-state index contributed by atoms with van der Waals surface area (Å²) < 4.78 is 20.7. The molecule has 0 amide bonds. The van der Waals surface area contributed by atoms with Gasteiger partial charge in [-0.3, -0.25) is 0 Å². The van der Waals surface area contributed by atoms with Crippen molar-refractivity contribution >= 4 is 68.4 Å². The molecule has 0 saturated heterocycles. The van der Waals surface area contributed by atoms with Gasteiger partial charge in [0.25, 0.3) is 0 Å². The molecule has 52 heavy (non-hydrogen) atoms. The standard InChI is InChI=1S/C12H17Si.9C4H9.3Sn/c1-4-13(5-2,6-3)12-10-8-7-9-11-12;9*1-3-4-2;;;/h7-11H,1-6H2;9*1,3-4H2,2H3;;;. The predicted molar refractivity (Wildman–Crippen MR) is 255 cm³/mol. The summed E-state index contributed by atoms with van der Waals surface area (Å²) in [5, 5.41) is 1.94. The molecule has 4 heteroatoms. The second-order valence-corrected chi connectivity index (χ2v) is 66.0. The van der Waals surface area contributed by atoms with Crippen LogP contribution in [0.1, 0.15) is 178 Å². The van der Waals surface area contributed by atoms with Crippen molar-refractivity contribution in [2.45, 2.75) is 249 Å². The molecule has 0 atom stereocenters. The summed E-state index contributed by atoms with van der Waals surface area (Å²) in [5.41, 5.74) is 0. The number of rotatable bonds is 37. The van der Waals surface area contributed by atoms with E-state index in [0.29, 0.717) is 0 Å². The molecule has 1 rings (SSSR count). The summed E-state index contributed by atoms with van der Waals surface area (Å²) >= 11 is -6.84. The Morgan fingerprint density at radius 2 is 0.519 bits per heavy atom. The second-order valence-electron chi connectivity index (χ2n) is 18.6. The van der Waals surface area contributed by atoms with Crippen molar-refractivity contribution in [3.05, 3.63) is 30.3 Å². The van der Waals surface area contributed by atoms with Gasteiger partial charge in [-0.1, -0.05) is 0 Å². The van der Waals surface area contributed by atoms with Crippen molar-refractivity contribution in [2.75, 3.05) is 0 Å². The quantitative estimate of drug-likeness (QED) is 0.0583. The minimum absolute atomic E-state index is 1.42. The Morgan fingerprint density at radius 3 is 0.712 bits per heavy atom. The van der Waals surface area contributed by atoms with Crippen LogP contribution in [0.3, 0.4) is 0 Å². The Bertz CT molecular complexity index is 779. The van der Waals surface area contributed by atoms with Crippen LogP contribution in [0, 0.1) is 0 Å². The first-order chi connectivity index (χ1) is 25.3. The van der Waals surface area contributed by atoms with Crippen LogP contribution in [0.2, 0.25) is 71.4 Å². The fourth-order valence-electron chi connectivity index (χ4n) is 10.3. The summed E-state index contributed by atoms with van der Waals surface area (Å²) in [6.45, 7) is 22.4. The summed E-state index contributed by atoms with van der Waals surface area (Å²) in [6, 6.07) is 17.9. The van der Waals surface area contributed by atoms with Crippen LogP contribution in [0.15, 0.2) is 30.3 Å². The van der Waals surface area contributed by atoms with Gasteiger partial charge in [0, 0.05) is 0 Å². The van der Waals surface area contributed by atoms with Crippen molar-refractivity contribution in [3.63, 3.8) is 0 Å². The average molecular weight is 1060 g/mol. The molecule has 306 valence electrons. The average Bonchev–Trinajstić information content (AvgIpc) is 3.18. The van der Waals surface area contributed by atoms with Crippen LogP contribution in [0.5, 0.6) is 0 Å². The van der Waals surface area contributed by atoms with Gasteiger partial charge in [-0.25, -0.2) is 0 Å². The monoisotopic (exact) mass is 1060 g/mol. The van der Waals surface area contributed by atoms with Crippen molar-refractivity contribution in [1.82, 2.24) is 0 Å². The van der Waals surface area contributed by atoms with Crippen molar-refractivity contribution in [3.8, 4) is 0 Å². The summed E-state index contributed by atoms with van der Waals surface area (Å²) in [4.78, 5) is 0. The molecule has 0 aliphatic carbocycles. The zero-order chi connectivity index (χ0) is 38.4. The first-order valence-electron chi connectivity index (χ1n) is 24.3. The molecule has 0 bridgehead atoms. The van der Waals surface area contributed by atoms with E-state index in [1.807, 2.05) is 5.19 Å². The second kappa shape index (κ2) is 31.8. The van der Waals surface area contributed by atoms with Gasteiger partial charge in [-0.15, -0.1) is 0 Å². The third-order valence-corrected chi connectivity index (χ3v) is 71.3. The molecular formula is C48H98SiSn3. The molecule has 0 aliphatic heterocycles. The first kappa shape index (κ1) is 51.9. The Kier molecular flexibility index (Phi) is 31.7. The third kappa shape index (κ3) is 20.0. The van der Waals surface area contributed by atoms with Crippen LogP contribution >= 0.6 is 0 Å². The molecular weight excluding hydrogens is 961 g/mol. The fraction of sp³-hybridized carbons (Fsp3) is 0.875. The van der Waals surface area contributed by atoms with Gasteiger partial charge in [0.1, 0.15) is 0 Å². The summed E-state index contributed by atoms with van der Waals surface area (Å²) in [6.07, 6.45) is 26.7. The van der Waals surface area contributed by atoms with E-state index in [9.17, 15) is 0 Å². The van der Waals surface area contributed by atoms with Crippen LogP contribution in [-0.2, 0) is 0 Å². The molecule has 0 nitrogen and oxygen atoms in total. The fourth-order valence-corrected chi connectivity index (χ4v) is 83.0.